The predicted octanol–water partition coefficient (Wildman–Crippen LogP) is 3.55. The normalized spacial score (nSPS) is 10.0. The summed E-state index contributed by atoms with van der Waals surface area (Å²) in [5.74, 6) is 0. The van der Waals surface area contributed by atoms with Crippen LogP contribution in [0, 0.1) is 0 Å². The average molecular weight is 343 g/mol. The van der Waals surface area contributed by atoms with Gasteiger partial charge in [-0.2, -0.15) is 0 Å². The fourth-order valence-corrected chi connectivity index (χ4v) is 2.62. The Morgan fingerprint density at radius 1 is 1.17 bits per heavy atom. The van der Waals surface area contributed by atoms with Crippen molar-refractivity contribution in [3.8, 4) is 0 Å². The maximum absolute atomic E-state index is 10.5. The molecule has 0 aliphatic carbocycles. The highest BCUT2D eigenvalue weighted by Crippen LogP contribution is 2.16. The Morgan fingerprint density at radius 2 is 1.83 bits per heavy atom. The molecular formula is C18H21N3O2S. The standard InChI is InChI=1S/C18H21N3O2S/c1-2-21(16-6-4-3-5-7-16)18(24)20-15-10-8-14(9-11-15)12-13-23-17(19)22/h3-11H,2,12-13H2,1H3,(H2,19,22)(H,20,24). The van der Waals surface area contributed by atoms with Gasteiger partial charge in [0.05, 0.1) is 6.61 Å². The van der Waals surface area contributed by atoms with Gasteiger partial charge < -0.3 is 20.7 Å². The van der Waals surface area contributed by atoms with E-state index in [0.29, 0.717) is 11.5 Å². The van der Waals surface area contributed by atoms with Crippen LogP contribution in [0.25, 0.3) is 0 Å². The zero-order valence-electron chi connectivity index (χ0n) is 13.6. The molecule has 0 radical (unpaired) electrons. The van der Waals surface area contributed by atoms with Crippen LogP contribution in [0.2, 0.25) is 0 Å². The summed E-state index contributed by atoms with van der Waals surface area (Å²) in [5, 5.41) is 3.89. The van der Waals surface area contributed by atoms with Gasteiger partial charge >= 0.3 is 6.09 Å². The lowest BCUT2D eigenvalue weighted by Gasteiger charge is -2.24. The van der Waals surface area contributed by atoms with Crippen LogP contribution in [0.4, 0.5) is 16.2 Å². The summed E-state index contributed by atoms with van der Waals surface area (Å²) >= 11 is 5.51. The van der Waals surface area contributed by atoms with E-state index in [9.17, 15) is 4.79 Å². The maximum atomic E-state index is 10.5. The summed E-state index contributed by atoms with van der Waals surface area (Å²) in [7, 11) is 0. The smallest absolute Gasteiger partial charge is 0.404 e. The Hall–Kier alpha value is -2.60. The Bertz CT molecular complexity index is 674. The lowest BCUT2D eigenvalue weighted by atomic mass is 10.1. The molecule has 6 heteroatoms. The van der Waals surface area contributed by atoms with Crippen molar-refractivity contribution < 1.29 is 9.53 Å². The molecule has 0 saturated heterocycles. The molecule has 3 N–H and O–H groups in total. The van der Waals surface area contributed by atoms with Gasteiger partial charge in [0, 0.05) is 24.3 Å². The maximum Gasteiger partial charge on any atom is 0.404 e. The number of primary amides is 1. The molecule has 0 bridgehead atoms. The lowest BCUT2D eigenvalue weighted by Crippen LogP contribution is -2.34. The van der Waals surface area contributed by atoms with Gasteiger partial charge in [0.15, 0.2) is 5.11 Å². The van der Waals surface area contributed by atoms with Crippen LogP contribution in [0.15, 0.2) is 54.6 Å². The van der Waals surface area contributed by atoms with Gasteiger partial charge in [-0.05, 0) is 49.0 Å². The van der Waals surface area contributed by atoms with E-state index >= 15 is 0 Å². The molecule has 126 valence electrons. The molecule has 0 aliphatic rings. The van der Waals surface area contributed by atoms with Crippen LogP contribution in [-0.4, -0.2) is 24.4 Å². The third-order valence-electron chi connectivity index (χ3n) is 3.47. The van der Waals surface area contributed by atoms with Crippen molar-refractivity contribution in [1.82, 2.24) is 0 Å². The van der Waals surface area contributed by atoms with Crippen molar-refractivity contribution in [2.24, 2.45) is 5.73 Å². The van der Waals surface area contributed by atoms with Crippen LogP contribution in [0.1, 0.15) is 12.5 Å². The molecule has 0 unspecified atom stereocenters. The molecule has 24 heavy (non-hydrogen) atoms. The van der Waals surface area contributed by atoms with Crippen molar-refractivity contribution in [1.29, 1.82) is 0 Å². The number of hydrogen-bond donors (Lipinski definition) is 2. The fraction of sp³-hybridized carbons (Fsp3) is 0.222. The van der Waals surface area contributed by atoms with Crippen LogP contribution >= 0.6 is 12.2 Å². The van der Waals surface area contributed by atoms with Gasteiger partial charge in [-0.1, -0.05) is 30.3 Å². The number of rotatable bonds is 6. The van der Waals surface area contributed by atoms with E-state index in [1.54, 1.807) is 0 Å². The fourth-order valence-electron chi connectivity index (χ4n) is 2.27. The number of hydrogen-bond acceptors (Lipinski definition) is 3. The molecule has 0 spiro atoms. The SMILES string of the molecule is CCN(C(=S)Nc1ccc(CCOC(N)=O)cc1)c1ccccc1. The van der Waals surface area contributed by atoms with Gasteiger partial charge in [-0.15, -0.1) is 0 Å². The number of nitrogens with two attached hydrogens (primary N) is 1. The third kappa shape index (κ3) is 5.24. The van der Waals surface area contributed by atoms with E-state index in [2.05, 4.69) is 12.2 Å². The number of ether oxygens (including phenoxy) is 1. The lowest BCUT2D eigenvalue weighted by molar-refractivity contribution is 0.158. The minimum atomic E-state index is -0.751. The Balaban J connectivity index is 1.95. The topological polar surface area (TPSA) is 67.6 Å². The molecule has 2 rings (SSSR count). The van der Waals surface area contributed by atoms with E-state index in [0.717, 1.165) is 23.5 Å². The van der Waals surface area contributed by atoms with Gasteiger partial charge in [0.25, 0.3) is 0 Å². The summed E-state index contributed by atoms with van der Waals surface area (Å²) in [5.41, 5.74) is 7.96. The quantitative estimate of drug-likeness (QED) is 0.785. The number of nitrogens with one attached hydrogen (secondary N) is 1. The molecule has 2 aromatic carbocycles. The average Bonchev–Trinajstić information content (AvgIpc) is 2.58. The highest BCUT2D eigenvalue weighted by molar-refractivity contribution is 7.80. The first kappa shape index (κ1) is 17.7. The van der Waals surface area contributed by atoms with Crippen LogP contribution in [0.3, 0.4) is 0 Å². The Kier molecular flexibility index (Phi) is 6.57. The third-order valence-corrected chi connectivity index (χ3v) is 3.79. The molecule has 0 fully saturated rings. The number of nitrogens with zero attached hydrogens (tertiary/aromatic N) is 1. The van der Waals surface area contributed by atoms with Crippen molar-refractivity contribution in [3.63, 3.8) is 0 Å². The van der Waals surface area contributed by atoms with Gasteiger partial charge in [-0.25, -0.2) is 4.79 Å². The molecule has 0 aliphatic heterocycles. The molecular weight excluding hydrogens is 322 g/mol. The van der Waals surface area contributed by atoms with E-state index in [1.165, 1.54) is 0 Å². The molecule has 1 amide bonds. The van der Waals surface area contributed by atoms with Gasteiger partial charge in [0.2, 0.25) is 0 Å². The van der Waals surface area contributed by atoms with Crippen molar-refractivity contribution in [2.75, 3.05) is 23.4 Å². The van der Waals surface area contributed by atoms with E-state index in [-0.39, 0.29) is 6.61 Å². The van der Waals surface area contributed by atoms with Crippen LogP contribution in [-0.2, 0) is 11.2 Å². The number of thiocarbonyl (C=S) groups is 1. The number of benzene rings is 2. The van der Waals surface area contributed by atoms with Crippen LogP contribution in [0.5, 0.6) is 0 Å². The Morgan fingerprint density at radius 3 is 2.42 bits per heavy atom. The summed E-state index contributed by atoms with van der Waals surface area (Å²) in [6, 6.07) is 17.8. The summed E-state index contributed by atoms with van der Waals surface area (Å²) in [6.45, 7) is 3.11. The second-order valence-corrected chi connectivity index (χ2v) is 5.51. The van der Waals surface area contributed by atoms with Gasteiger partial charge in [-0.3, -0.25) is 0 Å². The van der Waals surface area contributed by atoms with Crippen molar-refractivity contribution in [2.45, 2.75) is 13.3 Å². The summed E-state index contributed by atoms with van der Waals surface area (Å²) < 4.78 is 4.73. The molecule has 0 heterocycles. The largest absolute Gasteiger partial charge is 0.449 e. The first-order chi connectivity index (χ1) is 11.6. The number of carbonyl (C=O) groups is 1. The van der Waals surface area contributed by atoms with Crippen molar-refractivity contribution in [3.05, 3.63) is 60.2 Å². The predicted molar refractivity (Wildman–Crippen MR) is 101 cm³/mol. The molecule has 0 aromatic heterocycles. The first-order valence-corrected chi connectivity index (χ1v) is 8.15. The highest BCUT2D eigenvalue weighted by Gasteiger charge is 2.09. The van der Waals surface area contributed by atoms with E-state index in [4.69, 9.17) is 22.7 Å². The first-order valence-electron chi connectivity index (χ1n) is 7.75. The highest BCUT2D eigenvalue weighted by atomic mass is 32.1. The number of para-hydroxylation sites is 1. The Labute approximate surface area is 147 Å². The monoisotopic (exact) mass is 343 g/mol. The zero-order valence-corrected chi connectivity index (χ0v) is 14.4. The summed E-state index contributed by atoms with van der Waals surface area (Å²) in [6.07, 6.45) is -0.127. The zero-order chi connectivity index (χ0) is 17.4. The molecule has 5 nitrogen and oxygen atoms in total. The second-order valence-electron chi connectivity index (χ2n) is 5.12. The minimum Gasteiger partial charge on any atom is -0.449 e. The van der Waals surface area contributed by atoms with E-state index in [1.807, 2.05) is 59.5 Å². The van der Waals surface area contributed by atoms with Gasteiger partial charge in [0.1, 0.15) is 0 Å². The number of anilines is 2. The van der Waals surface area contributed by atoms with Crippen molar-refractivity contribution >= 4 is 34.8 Å². The number of carbonyl (C=O) groups excluding carboxylic acids is 1. The summed E-state index contributed by atoms with van der Waals surface area (Å²) in [4.78, 5) is 12.6. The number of amides is 1. The van der Waals surface area contributed by atoms with Crippen LogP contribution < -0.4 is 16.0 Å². The van der Waals surface area contributed by atoms with E-state index < -0.39 is 6.09 Å². The molecule has 2 aromatic rings. The minimum absolute atomic E-state index is 0.276. The molecule has 0 atom stereocenters. The second kappa shape index (κ2) is 8.88. The molecule has 0 saturated carbocycles.